The predicted octanol–water partition coefficient (Wildman–Crippen LogP) is 5.28. The second-order valence-electron chi connectivity index (χ2n) is 6.34. The molecule has 0 spiro atoms. The van der Waals surface area contributed by atoms with Crippen molar-refractivity contribution in [2.24, 2.45) is 11.7 Å². The Balaban J connectivity index is 3.19. The third-order valence-corrected chi connectivity index (χ3v) is 4.01. The van der Waals surface area contributed by atoms with Crippen molar-refractivity contribution < 1.29 is 0 Å². The number of rotatable bonds is 11. The smallest absolute Gasteiger partial charge is 0.0123 e. The molecule has 0 aliphatic heterocycles. The van der Waals surface area contributed by atoms with Crippen molar-refractivity contribution in [3.8, 4) is 0 Å². The highest BCUT2D eigenvalue weighted by Gasteiger charge is 2.19. The summed E-state index contributed by atoms with van der Waals surface area (Å²) < 4.78 is 0. The lowest BCUT2D eigenvalue weighted by Gasteiger charge is -2.27. The fourth-order valence-corrected chi connectivity index (χ4v) is 2.13. The van der Waals surface area contributed by atoms with E-state index >= 15 is 0 Å². The van der Waals surface area contributed by atoms with E-state index in [1.807, 2.05) is 0 Å². The van der Waals surface area contributed by atoms with E-state index < -0.39 is 0 Å². The van der Waals surface area contributed by atoms with E-state index in [0.717, 1.165) is 0 Å². The molecule has 0 amide bonds. The lowest BCUT2D eigenvalue weighted by molar-refractivity contribution is 0.316. The van der Waals surface area contributed by atoms with E-state index in [2.05, 4.69) is 27.7 Å². The van der Waals surface area contributed by atoms with Crippen molar-refractivity contribution >= 4 is 0 Å². The molecule has 1 nitrogen and oxygen atoms in total. The molecule has 0 aromatic rings. The monoisotopic (exact) mass is 241 g/mol. The minimum atomic E-state index is 0.000151. The van der Waals surface area contributed by atoms with Gasteiger partial charge in [0.05, 0.1) is 0 Å². The van der Waals surface area contributed by atoms with E-state index in [9.17, 15) is 0 Å². The molecule has 17 heavy (non-hydrogen) atoms. The van der Waals surface area contributed by atoms with E-state index in [0.29, 0.717) is 5.92 Å². The Bertz CT molecular complexity index is 157. The highest BCUT2D eigenvalue weighted by molar-refractivity contribution is 4.78. The van der Waals surface area contributed by atoms with Crippen LogP contribution in [0.4, 0.5) is 0 Å². The molecule has 1 atom stereocenters. The summed E-state index contributed by atoms with van der Waals surface area (Å²) in [4.78, 5) is 0. The highest BCUT2D eigenvalue weighted by Crippen LogP contribution is 2.20. The van der Waals surface area contributed by atoms with Crippen LogP contribution < -0.4 is 5.73 Å². The van der Waals surface area contributed by atoms with Crippen LogP contribution in [-0.2, 0) is 0 Å². The van der Waals surface area contributed by atoms with Gasteiger partial charge in [0.1, 0.15) is 0 Å². The van der Waals surface area contributed by atoms with E-state index in [4.69, 9.17) is 5.73 Å². The topological polar surface area (TPSA) is 26.0 Å². The van der Waals surface area contributed by atoms with Crippen LogP contribution in [0, 0.1) is 5.92 Å². The number of hydrogen-bond acceptors (Lipinski definition) is 1. The second-order valence-corrected chi connectivity index (χ2v) is 6.34. The van der Waals surface area contributed by atoms with Gasteiger partial charge in [0.15, 0.2) is 0 Å². The summed E-state index contributed by atoms with van der Waals surface area (Å²) in [5.41, 5.74) is 6.09. The van der Waals surface area contributed by atoms with Gasteiger partial charge >= 0.3 is 0 Å². The average Bonchev–Trinajstić information content (AvgIpc) is 2.25. The largest absolute Gasteiger partial charge is 0.325 e. The van der Waals surface area contributed by atoms with Crippen LogP contribution in [-0.4, -0.2) is 5.54 Å². The van der Waals surface area contributed by atoms with Gasteiger partial charge in [-0.15, -0.1) is 0 Å². The molecule has 1 unspecified atom stereocenters. The third kappa shape index (κ3) is 10.8. The van der Waals surface area contributed by atoms with Gasteiger partial charge in [-0.2, -0.15) is 0 Å². The summed E-state index contributed by atoms with van der Waals surface area (Å²) in [5.74, 6) is 0.645. The number of unbranched alkanes of at least 4 members (excludes halogenated alkanes) is 8. The Labute approximate surface area is 110 Å². The molecule has 1 heteroatoms. The van der Waals surface area contributed by atoms with Crippen LogP contribution >= 0.6 is 0 Å². The van der Waals surface area contributed by atoms with E-state index in [-0.39, 0.29) is 5.54 Å². The molecule has 0 saturated heterocycles. The third-order valence-electron chi connectivity index (χ3n) is 4.01. The fraction of sp³-hybridized carbons (Fsp3) is 1.00. The predicted molar refractivity (Wildman–Crippen MR) is 79.3 cm³/mol. The van der Waals surface area contributed by atoms with Gasteiger partial charge in [0.2, 0.25) is 0 Å². The van der Waals surface area contributed by atoms with Gasteiger partial charge in [-0.05, 0) is 26.2 Å². The van der Waals surface area contributed by atoms with Crippen molar-refractivity contribution in [2.45, 2.75) is 97.4 Å². The minimum Gasteiger partial charge on any atom is -0.325 e. The molecule has 0 aliphatic rings. The van der Waals surface area contributed by atoms with Crippen molar-refractivity contribution in [1.82, 2.24) is 0 Å². The molecule has 0 aromatic carbocycles. The van der Waals surface area contributed by atoms with Crippen molar-refractivity contribution in [2.75, 3.05) is 0 Å². The highest BCUT2D eigenvalue weighted by atomic mass is 14.7. The maximum Gasteiger partial charge on any atom is 0.0123 e. The minimum absolute atomic E-state index is 0.000151. The average molecular weight is 241 g/mol. The van der Waals surface area contributed by atoms with Crippen molar-refractivity contribution in [3.05, 3.63) is 0 Å². The molecule has 0 saturated carbocycles. The van der Waals surface area contributed by atoms with E-state index in [1.165, 1.54) is 64.2 Å². The maximum atomic E-state index is 6.09. The van der Waals surface area contributed by atoms with Crippen LogP contribution in [0.3, 0.4) is 0 Å². The lowest BCUT2D eigenvalue weighted by atomic mass is 9.86. The number of nitrogens with two attached hydrogens (primary N) is 1. The van der Waals surface area contributed by atoms with Gasteiger partial charge in [-0.3, -0.25) is 0 Å². The van der Waals surface area contributed by atoms with Crippen LogP contribution in [0.25, 0.3) is 0 Å². The molecule has 0 bridgehead atoms. The molecular formula is C16H35N. The fourth-order valence-electron chi connectivity index (χ4n) is 2.13. The molecule has 0 rings (SSSR count). The first kappa shape index (κ1) is 17.0. The summed E-state index contributed by atoms with van der Waals surface area (Å²) in [7, 11) is 0. The van der Waals surface area contributed by atoms with Crippen LogP contribution in [0.1, 0.15) is 91.9 Å². The molecule has 2 N–H and O–H groups in total. The quantitative estimate of drug-likeness (QED) is 0.489. The SMILES string of the molecule is CCCCCCCCCCCC(C)C(C)(C)N. The summed E-state index contributed by atoms with van der Waals surface area (Å²) in [6.07, 6.45) is 14.0. The molecule has 0 heterocycles. The van der Waals surface area contributed by atoms with Crippen LogP contribution in [0.2, 0.25) is 0 Å². The molecular weight excluding hydrogens is 206 g/mol. The first-order valence-corrected chi connectivity index (χ1v) is 7.77. The summed E-state index contributed by atoms with van der Waals surface area (Å²) >= 11 is 0. The molecule has 0 aromatic heterocycles. The lowest BCUT2D eigenvalue weighted by Crippen LogP contribution is -2.39. The summed E-state index contributed by atoms with van der Waals surface area (Å²) in [6.45, 7) is 8.85. The van der Waals surface area contributed by atoms with Crippen LogP contribution in [0.15, 0.2) is 0 Å². The summed E-state index contributed by atoms with van der Waals surface area (Å²) in [5, 5.41) is 0. The number of hydrogen-bond donors (Lipinski definition) is 1. The molecule has 0 aliphatic carbocycles. The Kier molecular flexibility index (Phi) is 9.91. The Hall–Kier alpha value is -0.0400. The Morgan fingerprint density at radius 3 is 1.65 bits per heavy atom. The van der Waals surface area contributed by atoms with Crippen molar-refractivity contribution in [3.63, 3.8) is 0 Å². The molecule has 0 fully saturated rings. The van der Waals surface area contributed by atoms with Gasteiger partial charge in [-0.1, -0.05) is 71.6 Å². The first-order chi connectivity index (χ1) is 7.98. The van der Waals surface area contributed by atoms with Gasteiger partial charge in [0.25, 0.3) is 0 Å². The van der Waals surface area contributed by atoms with Gasteiger partial charge < -0.3 is 5.73 Å². The zero-order chi connectivity index (χ0) is 13.1. The van der Waals surface area contributed by atoms with Gasteiger partial charge in [-0.25, -0.2) is 0 Å². The van der Waals surface area contributed by atoms with Gasteiger partial charge in [0, 0.05) is 5.54 Å². The standard InChI is InChI=1S/C16H35N/c1-5-6-7-8-9-10-11-12-13-14-15(2)16(3,4)17/h15H,5-14,17H2,1-4H3. The van der Waals surface area contributed by atoms with Crippen molar-refractivity contribution in [1.29, 1.82) is 0 Å². The summed E-state index contributed by atoms with van der Waals surface area (Å²) in [6, 6.07) is 0. The first-order valence-electron chi connectivity index (χ1n) is 7.77. The molecule has 104 valence electrons. The second kappa shape index (κ2) is 9.94. The Morgan fingerprint density at radius 2 is 1.24 bits per heavy atom. The normalized spacial score (nSPS) is 13.9. The zero-order valence-corrected chi connectivity index (χ0v) is 12.7. The van der Waals surface area contributed by atoms with E-state index in [1.54, 1.807) is 0 Å². The van der Waals surface area contributed by atoms with Crippen LogP contribution in [0.5, 0.6) is 0 Å². The molecule has 0 radical (unpaired) electrons. The maximum absolute atomic E-state index is 6.09. The zero-order valence-electron chi connectivity index (χ0n) is 12.7. The Morgan fingerprint density at radius 1 is 0.824 bits per heavy atom.